The fourth-order valence-corrected chi connectivity index (χ4v) is 4.24. The molecule has 3 aromatic carbocycles. The lowest BCUT2D eigenvalue weighted by atomic mass is 9.82. The highest BCUT2D eigenvalue weighted by molar-refractivity contribution is 5.96. The van der Waals surface area contributed by atoms with E-state index in [4.69, 9.17) is 0 Å². The minimum absolute atomic E-state index is 0.0986. The van der Waals surface area contributed by atoms with Crippen molar-refractivity contribution in [1.82, 2.24) is 0 Å². The molecular formula is C25H24N2O. The smallest absolute Gasteiger partial charge is 0.0740 e. The zero-order valence-electron chi connectivity index (χ0n) is 16.4. The summed E-state index contributed by atoms with van der Waals surface area (Å²) in [4.78, 5) is 2.09. The first-order valence-corrected chi connectivity index (χ1v) is 9.46. The van der Waals surface area contributed by atoms with Gasteiger partial charge in [0.1, 0.15) is 0 Å². The quantitative estimate of drug-likeness (QED) is 0.372. The fourth-order valence-electron chi connectivity index (χ4n) is 4.24. The van der Waals surface area contributed by atoms with Crippen molar-refractivity contribution in [1.29, 1.82) is 0 Å². The summed E-state index contributed by atoms with van der Waals surface area (Å²) in [5, 5.41) is 12.8. The Kier molecular flexibility index (Phi) is 4.74. The molecule has 0 saturated carbocycles. The Labute approximate surface area is 166 Å². The molecule has 1 atom stereocenters. The highest BCUT2D eigenvalue weighted by atomic mass is 16.4. The molecule has 1 N–H and O–H groups in total. The topological polar surface area (TPSA) is 35.8 Å². The Morgan fingerprint density at radius 2 is 1.61 bits per heavy atom. The van der Waals surface area contributed by atoms with Gasteiger partial charge in [-0.1, -0.05) is 65.8 Å². The molecule has 0 aliphatic heterocycles. The van der Waals surface area contributed by atoms with E-state index in [1.807, 2.05) is 20.2 Å². The molecule has 0 radical (unpaired) electrons. The zero-order chi connectivity index (χ0) is 19.7. The lowest BCUT2D eigenvalue weighted by Crippen LogP contribution is -2.14. The summed E-state index contributed by atoms with van der Waals surface area (Å²) in [7, 11) is 4.06. The van der Waals surface area contributed by atoms with E-state index in [-0.39, 0.29) is 5.92 Å². The molecule has 140 valence electrons. The molecule has 0 bridgehead atoms. The van der Waals surface area contributed by atoms with Crippen LogP contribution >= 0.6 is 0 Å². The van der Waals surface area contributed by atoms with Crippen LogP contribution in [-0.4, -0.2) is 25.5 Å². The van der Waals surface area contributed by atoms with Gasteiger partial charge >= 0.3 is 0 Å². The van der Waals surface area contributed by atoms with Gasteiger partial charge in [0.2, 0.25) is 0 Å². The normalized spacial score (nSPS) is 15.5. The summed E-state index contributed by atoms with van der Waals surface area (Å²) in [6, 6.07) is 23.4. The fraction of sp³-hybridized carbons (Fsp3) is 0.160. The SMILES string of the molecule is Cc1c(N(C)C)ccc(C2C(c3ccccc3)=Cc3ccccc32)c1C=NO. The lowest BCUT2D eigenvalue weighted by Gasteiger charge is -2.24. The van der Waals surface area contributed by atoms with Crippen molar-refractivity contribution in [3.63, 3.8) is 0 Å². The largest absolute Gasteiger partial charge is 0.411 e. The summed E-state index contributed by atoms with van der Waals surface area (Å²) >= 11 is 0. The standard InChI is InChI=1S/C25H24N2O/c1-17-23(16-26-28)21(13-14-24(17)27(2)3)25-20-12-8-7-11-19(20)15-22(25)18-9-5-4-6-10-18/h4-16,25,28H,1-3H3. The first kappa shape index (κ1) is 18.1. The summed E-state index contributed by atoms with van der Waals surface area (Å²) in [5.41, 5.74) is 9.36. The van der Waals surface area contributed by atoms with Crippen molar-refractivity contribution >= 4 is 23.6 Å². The van der Waals surface area contributed by atoms with Crippen LogP contribution in [0.1, 0.15) is 39.3 Å². The van der Waals surface area contributed by atoms with Crippen molar-refractivity contribution in [3.05, 3.63) is 100 Å². The molecule has 0 fully saturated rings. The van der Waals surface area contributed by atoms with E-state index in [9.17, 15) is 5.21 Å². The van der Waals surface area contributed by atoms with E-state index in [2.05, 4.69) is 83.7 Å². The number of oxime groups is 1. The van der Waals surface area contributed by atoms with Gasteiger partial charge in [-0.25, -0.2) is 0 Å². The Hall–Kier alpha value is -3.33. The van der Waals surface area contributed by atoms with Crippen LogP contribution in [0.4, 0.5) is 5.69 Å². The monoisotopic (exact) mass is 368 g/mol. The van der Waals surface area contributed by atoms with Gasteiger partial charge in [-0.2, -0.15) is 0 Å². The first-order chi connectivity index (χ1) is 13.6. The minimum Gasteiger partial charge on any atom is -0.411 e. The van der Waals surface area contributed by atoms with E-state index in [0.717, 1.165) is 22.4 Å². The van der Waals surface area contributed by atoms with Crippen LogP contribution in [0.15, 0.2) is 71.9 Å². The molecule has 0 aromatic heterocycles. The van der Waals surface area contributed by atoms with Gasteiger partial charge in [-0.05, 0) is 52.5 Å². The molecule has 0 spiro atoms. The molecule has 1 aliphatic carbocycles. The maximum Gasteiger partial charge on any atom is 0.0740 e. The Bertz CT molecular complexity index is 1070. The minimum atomic E-state index is 0.0986. The van der Waals surface area contributed by atoms with Crippen molar-refractivity contribution in [2.24, 2.45) is 5.16 Å². The van der Waals surface area contributed by atoms with Crippen LogP contribution in [0, 0.1) is 6.92 Å². The predicted molar refractivity (Wildman–Crippen MR) is 117 cm³/mol. The number of hydrogen-bond acceptors (Lipinski definition) is 3. The van der Waals surface area contributed by atoms with Gasteiger partial charge in [-0.15, -0.1) is 0 Å². The zero-order valence-corrected chi connectivity index (χ0v) is 16.4. The van der Waals surface area contributed by atoms with E-state index in [0.29, 0.717) is 0 Å². The Morgan fingerprint density at radius 1 is 0.893 bits per heavy atom. The second-order valence-corrected chi connectivity index (χ2v) is 7.38. The Morgan fingerprint density at radius 3 is 2.32 bits per heavy atom. The third kappa shape index (κ3) is 2.99. The third-order valence-electron chi connectivity index (χ3n) is 5.54. The second-order valence-electron chi connectivity index (χ2n) is 7.38. The number of benzene rings is 3. The number of hydrogen-bond donors (Lipinski definition) is 1. The number of anilines is 1. The van der Waals surface area contributed by atoms with Crippen LogP contribution in [0.25, 0.3) is 11.6 Å². The third-order valence-corrected chi connectivity index (χ3v) is 5.54. The molecule has 3 aromatic rings. The second kappa shape index (κ2) is 7.35. The average Bonchev–Trinajstić information content (AvgIpc) is 3.09. The highest BCUT2D eigenvalue weighted by Crippen LogP contribution is 2.47. The summed E-state index contributed by atoms with van der Waals surface area (Å²) in [5.74, 6) is 0.0986. The molecule has 28 heavy (non-hydrogen) atoms. The molecule has 0 amide bonds. The van der Waals surface area contributed by atoms with Crippen molar-refractivity contribution in [2.75, 3.05) is 19.0 Å². The van der Waals surface area contributed by atoms with Gasteiger partial charge in [0.15, 0.2) is 0 Å². The molecule has 3 heteroatoms. The summed E-state index contributed by atoms with van der Waals surface area (Å²) in [6.07, 6.45) is 3.85. The van der Waals surface area contributed by atoms with Gasteiger partial charge in [-0.3, -0.25) is 0 Å². The first-order valence-electron chi connectivity index (χ1n) is 9.46. The van der Waals surface area contributed by atoms with Crippen LogP contribution < -0.4 is 4.90 Å². The van der Waals surface area contributed by atoms with Crippen molar-refractivity contribution in [3.8, 4) is 0 Å². The lowest BCUT2D eigenvalue weighted by molar-refractivity contribution is 0.322. The molecule has 0 saturated heterocycles. The molecule has 1 unspecified atom stereocenters. The van der Waals surface area contributed by atoms with Crippen LogP contribution in [-0.2, 0) is 0 Å². The Balaban J connectivity index is 1.96. The predicted octanol–water partition coefficient (Wildman–Crippen LogP) is 5.56. The molecule has 3 nitrogen and oxygen atoms in total. The van der Waals surface area contributed by atoms with E-state index >= 15 is 0 Å². The van der Waals surface area contributed by atoms with E-state index < -0.39 is 0 Å². The van der Waals surface area contributed by atoms with Gasteiger partial charge in [0, 0.05) is 31.3 Å². The number of allylic oxidation sites excluding steroid dienone is 1. The van der Waals surface area contributed by atoms with Gasteiger partial charge < -0.3 is 10.1 Å². The summed E-state index contributed by atoms with van der Waals surface area (Å²) < 4.78 is 0. The maximum absolute atomic E-state index is 9.36. The number of nitrogens with zero attached hydrogens (tertiary/aromatic N) is 2. The molecular weight excluding hydrogens is 344 g/mol. The van der Waals surface area contributed by atoms with Crippen molar-refractivity contribution in [2.45, 2.75) is 12.8 Å². The molecule has 1 aliphatic rings. The van der Waals surface area contributed by atoms with E-state index in [1.54, 1.807) is 6.21 Å². The number of fused-ring (bicyclic) bond motifs is 1. The van der Waals surface area contributed by atoms with Crippen LogP contribution in [0.3, 0.4) is 0 Å². The highest BCUT2D eigenvalue weighted by Gasteiger charge is 2.30. The maximum atomic E-state index is 9.36. The number of rotatable bonds is 4. The molecule has 0 heterocycles. The van der Waals surface area contributed by atoms with Crippen LogP contribution in [0.2, 0.25) is 0 Å². The summed E-state index contributed by atoms with van der Waals surface area (Å²) in [6.45, 7) is 2.09. The van der Waals surface area contributed by atoms with Crippen molar-refractivity contribution < 1.29 is 5.21 Å². The van der Waals surface area contributed by atoms with Gasteiger partial charge in [0.25, 0.3) is 0 Å². The van der Waals surface area contributed by atoms with E-state index in [1.165, 1.54) is 22.3 Å². The van der Waals surface area contributed by atoms with Gasteiger partial charge in [0.05, 0.1) is 6.21 Å². The average molecular weight is 368 g/mol. The van der Waals surface area contributed by atoms with Crippen LogP contribution in [0.5, 0.6) is 0 Å². The molecule has 4 rings (SSSR count).